The summed E-state index contributed by atoms with van der Waals surface area (Å²) in [6, 6.07) is 9.63. The van der Waals surface area contributed by atoms with Crippen molar-refractivity contribution in [3.8, 4) is 0 Å². The number of piperazine rings is 1. The van der Waals surface area contributed by atoms with Crippen molar-refractivity contribution in [1.82, 2.24) is 15.1 Å². The lowest BCUT2D eigenvalue weighted by Gasteiger charge is -2.37. The number of guanidine groups is 1. The lowest BCUT2D eigenvalue weighted by atomic mass is 10.2. The first-order valence-electron chi connectivity index (χ1n) is 9.29. The van der Waals surface area contributed by atoms with E-state index in [1.165, 1.54) is 0 Å². The van der Waals surface area contributed by atoms with Gasteiger partial charge in [0.1, 0.15) is 0 Å². The maximum atomic E-state index is 12.3. The van der Waals surface area contributed by atoms with E-state index in [4.69, 9.17) is 4.99 Å². The molecule has 1 fully saturated rings. The van der Waals surface area contributed by atoms with Crippen LogP contribution >= 0.6 is 24.0 Å². The zero-order chi connectivity index (χ0) is 18.1. The molecule has 1 aliphatic rings. The number of hydrogen-bond donors (Lipinski definition) is 1. The standard InChI is InChI=1S/C19H32N4OS.HI/c1-4-20-19(23-13-11-22(12-14-23)16-17(2)3)21-10-15-25(24)18-8-6-5-7-9-18;/h5-9,17H,4,10-16H2,1-3H3,(H,20,21);1H. The van der Waals surface area contributed by atoms with E-state index < -0.39 is 10.8 Å². The van der Waals surface area contributed by atoms with Crippen LogP contribution in [0.15, 0.2) is 40.2 Å². The van der Waals surface area contributed by atoms with Gasteiger partial charge < -0.3 is 10.2 Å². The summed E-state index contributed by atoms with van der Waals surface area (Å²) in [7, 11) is -0.983. The van der Waals surface area contributed by atoms with Crippen molar-refractivity contribution < 1.29 is 4.21 Å². The van der Waals surface area contributed by atoms with Crippen LogP contribution in [0.3, 0.4) is 0 Å². The molecule has 0 radical (unpaired) electrons. The number of hydrogen-bond acceptors (Lipinski definition) is 3. The molecule has 1 aromatic rings. The summed E-state index contributed by atoms with van der Waals surface area (Å²) >= 11 is 0. The van der Waals surface area contributed by atoms with E-state index in [-0.39, 0.29) is 24.0 Å². The molecule has 1 unspecified atom stereocenters. The van der Waals surface area contributed by atoms with Gasteiger partial charge in [-0.05, 0) is 25.0 Å². The Labute approximate surface area is 178 Å². The molecule has 0 saturated carbocycles. The molecule has 2 rings (SSSR count). The van der Waals surface area contributed by atoms with E-state index in [0.29, 0.717) is 18.2 Å². The molecular formula is C19H33IN4OS. The maximum Gasteiger partial charge on any atom is 0.194 e. The van der Waals surface area contributed by atoms with Gasteiger partial charge in [0.25, 0.3) is 0 Å². The molecule has 0 bridgehead atoms. The Kier molecular flexibility index (Phi) is 11.4. The molecule has 0 aliphatic carbocycles. The molecule has 1 saturated heterocycles. The van der Waals surface area contributed by atoms with Crippen LogP contribution in [-0.2, 0) is 10.8 Å². The Hall–Kier alpha value is -0.670. The summed E-state index contributed by atoms with van der Waals surface area (Å²) in [4.78, 5) is 10.4. The highest BCUT2D eigenvalue weighted by molar-refractivity contribution is 14.0. The van der Waals surface area contributed by atoms with Gasteiger partial charge in [-0.25, -0.2) is 0 Å². The normalized spacial score (nSPS) is 17.1. The number of benzene rings is 1. The van der Waals surface area contributed by atoms with E-state index in [1.807, 2.05) is 30.3 Å². The number of rotatable bonds is 7. The Bertz CT molecular complexity index is 560. The Morgan fingerprint density at radius 3 is 2.42 bits per heavy atom. The lowest BCUT2D eigenvalue weighted by molar-refractivity contribution is 0.164. The molecule has 26 heavy (non-hydrogen) atoms. The number of nitrogens with one attached hydrogen (secondary N) is 1. The zero-order valence-corrected chi connectivity index (χ0v) is 19.3. The Morgan fingerprint density at radius 2 is 1.85 bits per heavy atom. The van der Waals surface area contributed by atoms with Gasteiger partial charge in [-0.3, -0.25) is 14.1 Å². The van der Waals surface area contributed by atoms with Crippen LogP contribution in [0.5, 0.6) is 0 Å². The minimum atomic E-state index is -0.983. The quantitative estimate of drug-likeness (QED) is 0.361. The zero-order valence-electron chi connectivity index (χ0n) is 16.2. The lowest BCUT2D eigenvalue weighted by Crippen LogP contribution is -2.53. The van der Waals surface area contributed by atoms with E-state index in [1.54, 1.807) is 0 Å². The summed E-state index contributed by atoms with van der Waals surface area (Å²) in [6.07, 6.45) is 0. The fourth-order valence-corrected chi connectivity index (χ4v) is 3.96. The van der Waals surface area contributed by atoms with Crippen LogP contribution in [0.2, 0.25) is 0 Å². The van der Waals surface area contributed by atoms with E-state index in [0.717, 1.165) is 50.1 Å². The monoisotopic (exact) mass is 492 g/mol. The van der Waals surface area contributed by atoms with Crippen LogP contribution in [-0.4, -0.2) is 71.5 Å². The fourth-order valence-electron chi connectivity index (χ4n) is 3.01. The summed E-state index contributed by atoms with van der Waals surface area (Å²) in [5, 5.41) is 3.38. The van der Waals surface area contributed by atoms with Crippen LogP contribution in [0.25, 0.3) is 0 Å². The molecule has 1 aliphatic heterocycles. The third kappa shape index (κ3) is 7.92. The number of aliphatic imine (C=N–C) groups is 1. The van der Waals surface area contributed by atoms with Gasteiger partial charge in [-0.15, -0.1) is 24.0 Å². The maximum absolute atomic E-state index is 12.3. The second kappa shape index (κ2) is 12.7. The van der Waals surface area contributed by atoms with E-state index in [2.05, 4.69) is 35.9 Å². The first-order chi connectivity index (χ1) is 12.1. The van der Waals surface area contributed by atoms with Crippen molar-refractivity contribution in [3.63, 3.8) is 0 Å². The molecule has 148 valence electrons. The largest absolute Gasteiger partial charge is 0.357 e. The molecule has 1 atom stereocenters. The second-order valence-electron chi connectivity index (χ2n) is 6.78. The van der Waals surface area contributed by atoms with Gasteiger partial charge in [0.2, 0.25) is 0 Å². The molecular weight excluding hydrogens is 459 g/mol. The van der Waals surface area contributed by atoms with Gasteiger partial charge in [0.15, 0.2) is 5.96 Å². The summed E-state index contributed by atoms with van der Waals surface area (Å²) < 4.78 is 12.3. The second-order valence-corrected chi connectivity index (χ2v) is 8.35. The minimum absolute atomic E-state index is 0. The molecule has 0 amide bonds. The summed E-state index contributed by atoms with van der Waals surface area (Å²) in [6.45, 7) is 13.4. The van der Waals surface area contributed by atoms with Crippen LogP contribution in [0.4, 0.5) is 0 Å². The topological polar surface area (TPSA) is 47.9 Å². The predicted molar refractivity (Wildman–Crippen MR) is 122 cm³/mol. The van der Waals surface area contributed by atoms with Crippen molar-refractivity contribution in [2.45, 2.75) is 25.7 Å². The van der Waals surface area contributed by atoms with Gasteiger partial charge in [0, 0.05) is 49.9 Å². The number of halogens is 1. The van der Waals surface area contributed by atoms with Crippen molar-refractivity contribution >= 4 is 40.7 Å². The SMILES string of the molecule is CCNC(=NCCS(=O)c1ccccc1)N1CCN(CC(C)C)CC1.I. The summed E-state index contributed by atoms with van der Waals surface area (Å²) in [5.74, 6) is 2.23. The van der Waals surface area contributed by atoms with Gasteiger partial charge in [-0.1, -0.05) is 32.0 Å². The molecule has 7 heteroatoms. The highest BCUT2D eigenvalue weighted by Gasteiger charge is 2.19. The van der Waals surface area contributed by atoms with Crippen LogP contribution in [0.1, 0.15) is 20.8 Å². The summed E-state index contributed by atoms with van der Waals surface area (Å²) in [5.41, 5.74) is 0. The molecule has 0 spiro atoms. The molecule has 1 N–H and O–H groups in total. The highest BCUT2D eigenvalue weighted by Crippen LogP contribution is 2.07. The first-order valence-corrected chi connectivity index (χ1v) is 10.6. The highest BCUT2D eigenvalue weighted by atomic mass is 127. The average molecular weight is 492 g/mol. The molecule has 1 aromatic carbocycles. The smallest absolute Gasteiger partial charge is 0.194 e. The third-order valence-electron chi connectivity index (χ3n) is 4.17. The van der Waals surface area contributed by atoms with Gasteiger partial charge in [0.05, 0.1) is 17.3 Å². The van der Waals surface area contributed by atoms with Crippen molar-refractivity contribution in [2.24, 2.45) is 10.9 Å². The average Bonchev–Trinajstić information content (AvgIpc) is 2.62. The molecule has 5 nitrogen and oxygen atoms in total. The van der Waals surface area contributed by atoms with Crippen LogP contribution < -0.4 is 5.32 Å². The Morgan fingerprint density at radius 1 is 1.19 bits per heavy atom. The number of nitrogens with zero attached hydrogens (tertiary/aromatic N) is 3. The third-order valence-corrected chi connectivity index (χ3v) is 5.53. The van der Waals surface area contributed by atoms with Crippen molar-refractivity contribution in [3.05, 3.63) is 30.3 Å². The van der Waals surface area contributed by atoms with E-state index >= 15 is 0 Å². The van der Waals surface area contributed by atoms with Gasteiger partial charge in [-0.2, -0.15) is 0 Å². The molecule has 1 heterocycles. The van der Waals surface area contributed by atoms with E-state index in [9.17, 15) is 4.21 Å². The first kappa shape index (κ1) is 23.4. The molecule has 0 aromatic heterocycles. The Balaban J connectivity index is 0.00000338. The van der Waals surface area contributed by atoms with Crippen molar-refractivity contribution in [1.29, 1.82) is 0 Å². The van der Waals surface area contributed by atoms with Gasteiger partial charge >= 0.3 is 0 Å². The fraction of sp³-hybridized carbons (Fsp3) is 0.632. The van der Waals surface area contributed by atoms with Crippen LogP contribution in [0, 0.1) is 5.92 Å². The minimum Gasteiger partial charge on any atom is -0.357 e. The predicted octanol–water partition coefficient (Wildman–Crippen LogP) is 2.65. The van der Waals surface area contributed by atoms with Crippen molar-refractivity contribution in [2.75, 3.05) is 51.6 Å².